The van der Waals surface area contributed by atoms with E-state index in [2.05, 4.69) is 12.1 Å². The van der Waals surface area contributed by atoms with Crippen molar-refractivity contribution < 1.29 is 9.47 Å². The maximum Gasteiger partial charge on any atom is 0.0838 e. The van der Waals surface area contributed by atoms with Crippen LogP contribution in [0.4, 0.5) is 0 Å². The molecule has 0 saturated carbocycles. The van der Waals surface area contributed by atoms with Crippen LogP contribution in [0.25, 0.3) is 0 Å². The van der Waals surface area contributed by atoms with Gasteiger partial charge in [0.05, 0.1) is 24.4 Å². The molecule has 1 aromatic rings. The Morgan fingerprint density at radius 2 is 0.938 bits per heavy atom. The summed E-state index contributed by atoms with van der Waals surface area (Å²) in [7, 11) is 0. The van der Waals surface area contributed by atoms with Gasteiger partial charge in [-0.2, -0.15) is 0 Å². The van der Waals surface area contributed by atoms with Crippen LogP contribution in [-0.2, 0) is 9.47 Å². The summed E-state index contributed by atoms with van der Waals surface area (Å²) in [5, 5.41) is 0. The number of hydrogen-bond donors (Lipinski definition) is 0. The Hall–Kier alpha value is -0.860. The molecule has 2 saturated heterocycles. The molecule has 1 aromatic carbocycles. The van der Waals surface area contributed by atoms with E-state index in [1.807, 2.05) is 0 Å². The fourth-order valence-corrected chi connectivity index (χ4v) is 3.97. The van der Waals surface area contributed by atoms with E-state index >= 15 is 0 Å². The van der Waals surface area contributed by atoms with Crippen molar-refractivity contribution >= 4 is 0 Å². The summed E-state index contributed by atoms with van der Waals surface area (Å²) in [6.45, 7) is 0. The van der Waals surface area contributed by atoms with Crippen LogP contribution < -0.4 is 0 Å². The van der Waals surface area contributed by atoms with Crippen LogP contribution in [0.3, 0.4) is 0 Å². The smallest absolute Gasteiger partial charge is 0.0838 e. The minimum absolute atomic E-state index is 0.393. The zero-order chi connectivity index (χ0) is 10.3. The standard InChI is InChI=1S/C14H14O2/c1-2-12-8-6-10-9(5-7(8)11(1)15-12)13-3-4-14(10)16-13/h5-6,11-14H,1-4H2/t11-,12-,13+,14+. The topological polar surface area (TPSA) is 18.5 Å². The summed E-state index contributed by atoms with van der Waals surface area (Å²) in [4.78, 5) is 0. The second-order valence-electron chi connectivity index (χ2n) is 5.49. The van der Waals surface area contributed by atoms with Crippen molar-refractivity contribution in [2.75, 3.05) is 0 Å². The van der Waals surface area contributed by atoms with Crippen molar-refractivity contribution in [1.29, 1.82) is 0 Å². The molecular formula is C14H14O2. The largest absolute Gasteiger partial charge is 0.366 e. The van der Waals surface area contributed by atoms with Crippen molar-refractivity contribution in [3.8, 4) is 0 Å². The zero-order valence-electron chi connectivity index (χ0n) is 9.11. The lowest BCUT2D eigenvalue weighted by molar-refractivity contribution is 0.0678. The predicted octanol–water partition coefficient (Wildman–Crippen LogP) is 3.50. The summed E-state index contributed by atoms with van der Waals surface area (Å²) >= 11 is 0. The Morgan fingerprint density at radius 1 is 0.625 bits per heavy atom. The Balaban J connectivity index is 1.77. The van der Waals surface area contributed by atoms with Crippen LogP contribution in [0.15, 0.2) is 12.1 Å². The van der Waals surface area contributed by atoms with Gasteiger partial charge in [0.1, 0.15) is 0 Å². The lowest BCUT2D eigenvalue weighted by atomic mass is 9.83. The molecule has 0 aliphatic carbocycles. The molecule has 0 aromatic heterocycles. The Morgan fingerprint density at radius 3 is 1.25 bits per heavy atom. The molecule has 2 nitrogen and oxygen atoms in total. The molecule has 4 heterocycles. The molecule has 82 valence electrons. The van der Waals surface area contributed by atoms with E-state index in [0.717, 1.165) is 0 Å². The van der Waals surface area contributed by atoms with E-state index < -0.39 is 0 Å². The number of ether oxygens (including phenoxy) is 2. The Labute approximate surface area is 94.6 Å². The number of rotatable bonds is 0. The normalized spacial score (nSPS) is 41.5. The molecular weight excluding hydrogens is 200 g/mol. The van der Waals surface area contributed by atoms with Crippen molar-refractivity contribution in [3.05, 3.63) is 34.4 Å². The first kappa shape index (κ1) is 8.26. The molecule has 0 radical (unpaired) electrons. The third kappa shape index (κ3) is 0.802. The summed E-state index contributed by atoms with van der Waals surface area (Å²) < 4.78 is 11.9. The lowest BCUT2D eigenvalue weighted by Crippen LogP contribution is -2.04. The fraction of sp³-hybridized carbons (Fsp3) is 0.571. The number of fused-ring (bicyclic) bond motifs is 10. The average Bonchev–Trinajstić information content (AvgIpc) is 3.07. The first-order valence-electron chi connectivity index (χ1n) is 6.39. The molecule has 16 heavy (non-hydrogen) atoms. The van der Waals surface area contributed by atoms with Crippen molar-refractivity contribution in [2.24, 2.45) is 0 Å². The maximum atomic E-state index is 5.97. The highest BCUT2D eigenvalue weighted by Crippen LogP contribution is 2.56. The maximum absolute atomic E-state index is 5.97. The summed E-state index contributed by atoms with van der Waals surface area (Å²) in [6, 6.07) is 4.77. The predicted molar refractivity (Wildman–Crippen MR) is 58.0 cm³/mol. The van der Waals surface area contributed by atoms with E-state index in [0.29, 0.717) is 24.4 Å². The molecule has 0 unspecified atom stereocenters. The number of benzene rings is 1. The summed E-state index contributed by atoms with van der Waals surface area (Å²) in [5.41, 5.74) is 5.86. The van der Waals surface area contributed by atoms with Crippen LogP contribution in [0.2, 0.25) is 0 Å². The Bertz CT molecular complexity index is 410. The van der Waals surface area contributed by atoms with Gasteiger partial charge in [0, 0.05) is 0 Å². The molecule has 2 heteroatoms. The second-order valence-corrected chi connectivity index (χ2v) is 5.49. The number of hydrogen-bond acceptors (Lipinski definition) is 2. The molecule has 5 rings (SSSR count). The zero-order valence-corrected chi connectivity index (χ0v) is 9.11. The van der Waals surface area contributed by atoms with Crippen LogP contribution >= 0.6 is 0 Å². The highest BCUT2D eigenvalue weighted by molar-refractivity contribution is 5.48. The monoisotopic (exact) mass is 214 g/mol. The molecule has 0 spiro atoms. The van der Waals surface area contributed by atoms with Gasteiger partial charge < -0.3 is 9.47 Å². The first-order valence-corrected chi connectivity index (χ1v) is 6.39. The van der Waals surface area contributed by atoms with Crippen molar-refractivity contribution in [1.82, 2.24) is 0 Å². The van der Waals surface area contributed by atoms with Gasteiger partial charge >= 0.3 is 0 Å². The van der Waals surface area contributed by atoms with Gasteiger partial charge in [-0.1, -0.05) is 0 Å². The van der Waals surface area contributed by atoms with Gasteiger partial charge in [-0.15, -0.1) is 0 Å². The van der Waals surface area contributed by atoms with Gasteiger partial charge in [-0.05, 0) is 60.1 Å². The minimum atomic E-state index is 0.393. The quantitative estimate of drug-likeness (QED) is 0.658. The lowest BCUT2D eigenvalue weighted by Gasteiger charge is -2.17. The second kappa shape index (κ2) is 2.52. The van der Waals surface area contributed by atoms with Crippen LogP contribution in [0, 0.1) is 0 Å². The Kier molecular flexibility index (Phi) is 1.30. The van der Waals surface area contributed by atoms with Gasteiger partial charge in [-0.25, -0.2) is 0 Å². The molecule has 2 fully saturated rings. The molecule has 4 bridgehead atoms. The summed E-state index contributed by atoms with van der Waals surface area (Å²) in [6.07, 6.45) is 6.43. The highest BCUT2D eigenvalue weighted by atomic mass is 16.5. The van der Waals surface area contributed by atoms with E-state index in [4.69, 9.17) is 9.47 Å². The molecule has 4 aliphatic rings. The highest BCUT2D eigenvalue weighted by Gasteiger charge is 2.43. The van der Waals surface area contributed by atoms with E-state index in [-0.39, 0.29) is 0 Å². The fourth-order valence-electron chi connectivity index (χ4n) is 3.97. The van der Waals surface area contributed by atoms with Crippen molar-refractivity contribution in [3.63, 3.8) is 0 Å². The first-order chi connectivity index (χ1) is 7.90. The van der Waals surface area contributed by atoms with Gasteiger partial charge in [-0.3, -0.25) is 0 Å². The van der Waals surface area contributed by atoms with Crippen LogP contribution in [0.1, 0.15) is 72.4 Å². The van der Waals surface area contributed by atoms with E-state index in [9.17, 15) is 0 Å². The van der Waals surface area contributed by atoms with Gasteiger partial charge in [0.2, 0.25) is 0 Å². The van der Waals surface area contributed by atoms with Crippen LogP contribution in [0.5, 0.6) is 0 Å². The molecule has 4 aliphatic heterocycles. The van der Waals surface area contributed by atoms with Crippen LogP contribution in [-0.4, -0.2) is 0 Å². The SMILES string of the molecule is c1c2c(cc3c1[C@H]1CC[C@H]3O1)[C@@H]1CC[C@@H]2O1. The van der Waals surface area contributed by atoms with Gasteiger partial charge in [0.15, 0.2) is 0 Å². The molecule has 4 atom stereocenters. The van der Waals surface area contributed by atoms with Crippen molar-refractivity contribution in [2.45, 2.75) is 50.1 Å². The third-order valence-electron chi connectivity index (χ3n) is 4.72. The molecule has 0 N–H and O–H groups in total. The summed E-state index contributed by atoms with van der Waals surface area (Å²) in [5.74, 6) is 0. The average molecular weight is 214 g/mol. The minimum Gasteiger partial charge on any atom is -0.366 e. The molecule has 0 amide bonds. The van der Waals surface area contributed by atoms with E-state index in [1.165, 1.54) is 47.9 Å². The van der Waals surface area contributed by atoms with E-state index in [1.54, 1.807) is 0 Å². The van der Waals surface area contributed by atoms with Gasteiger partial charge in [0.25, 0.3) is 0 Å². The third-order valence-corrected chi connectivity index (χ3v) is 4.72.